The molecule has 0 bridgehead atoms. The Balaban J connectivity index is 1.80. The largest absolute Gasteiger partial charge is 0.368 e. The Kier molecular flexibility index (Phi) is 5.29. The summed E-state index contributed by atoms with van der Waals surface area (Å²) >= 11 is 3.07. The summed E-state index contributed by atoms with van der Waals surface area (Å²) in [5.41, 5.74) is 6.63. The number of hydrogen-bond donors (Lipinski definition) is 1. The van der Waals surface area contributed by atoms with Crippen LogP contribution in [0.25, 0.3) is 10.2 Å². The number of aryl methyl sites for hydroxylation is 3. The van der Waals surface area contributed by atoms with Crippen LogP contribution in [0.15, 0.2) is 5.03 Å². The lowest BCUT2D eigenvalue weighted by atomic mass is 10.0. The van der Waals surface area contributed by atoms with Crippen LogP contribution in [0.5, 0.6) is 0 Å². The van der Waals surface area contributed by atoms with Crippen molar-refractivity contribution in [2.24, 2.45) is 5.73 Å². The zero-order valence-electron chi connectivity index (χ0n) is 14.7. The summed E-state index contributed by atoms with van der Waals surface area (Å²) in [5, 5.41) is 1.88. The third kappa shape index (κ3) is 3.64. The summed E-state index contributed by atoms with van der Waals surface area (Å²) in [6.45, 7) is 6.60. The Morgan fingerprint density at radius 3 is 2.76 bits per heavy atom. The molecular weight excluding hydrogens is 356 g/mol. The second-order valence-electron chi connectivity index (χ2n) is 6.33. The van der Waals surface area contributed by atoms with Gasteiger partial charge < -0.3 is 10.6 Å². The molecule has 0 unspecified atom stereocenters. The van der Waals surface area contributed by atoms with Gasteiger partial charge in [0.1, 0.15) is 21.7 Å². The van der Waals surface area contributed by atoms with Crippen molar-refractivity contribution >= 4 is 45.1 Å². The number of piperidine rings is 1. The van der Waals surface area contributed by atoms with Gasteiger partial charge >= 0.3 is 0 Å². The maximum absolute atomic E-state index is 12.7. The molecule has 134 valence electrons. The standard InChI is InChI=1S/C17H22N4O2S2/c1-9-10(2)25-17-14(9)16(19-11(3)20-17)24-8-13(22)21-7-5-4-6-12(21)15(18)23/h12H,4-8H2,1-3H3,(H2,18,23)/t12-/m0/s1. The Bertz CT molecular complexity index is 834. The third-order valence-electron chi connectivity index (χ3n) is 4.59. The molecule has 1 fully saturated rings. The number of nitrogens with zero attached hydrogens (tertiary/aromatic N) is 3. The molecule has 1 aliphatic rings. The molecule has 0 aromatic carbocycles. The van der Waals surface area contributed by atoms with Gasteiger partial charge in [0, 0.05) is 16.8 Å². The fraction of sp³-hybridized carbons (Fsp3) is 0.529. The van der Waals surface area contributed by atoms with Crippen LogP contribution in [-0.4, -0.2) is 45.0 Å². The van der Waals surface area contributed by atoms with Crippen LogP contribution in [0.4, 0.5) is 0 Å². The molecule has 0 spiro atoms. The number of aromatic nitrogens is 2. The maximum atomic E-state index is 12.7. The molecule has 3 heterocycles. The number of fused-ring (bicyclic) bond motifs is 1. The van der Waals surface area contributed by atoms with Gasteiger partial charge in [0.25, 0.3) is 0 Å². The molecule has 1 saturated heterocycles. The minimum Gasteiger partial charge on any atom is -0.368 e. The summed E-state index contributed by atoms with van der Waals surface area (Å²) in [6, 6.07) is -0.473. The van der Waals surface area contributed by atoms with E-state index in [1.54, 1.807) is 16.2 Å². The van der Waals surface area contributed by atoms with Gasteiger partial charge in [-0.1, -0.05) is 11.8 Å². The highest BCUT2D eigenvalue weighted by Gasteiger charge is 2.30. The first-order valence-electron chi connectivity index (χ1n) is 8.34. The lowest BCUT2D eigenvalue weighted by Gasteiger charge is -2.33. The Morgan fingerprint density at radius 2 is 2.04 bits per heavy atom. The van der Waals surface area contributed by atoms with Crippen LogP contribution in [0, 0.1) is 20.8 Å². The first-order chi connectivity index (χ1) is 11.9. The molecule has 3 rings (SSSR count). The first kappa shape index (κ1) is 18.1. The Morgan fingerprint density at radius 1 is 1.28 bits per heavy atom. The molecule has 8 heteroatoms. The average molecular weight is 379 g/mol. The summed E-state index contributed by atoms with van der Waals surface area (Å²) < 4.78 is 0. The topological polar surface area (TPSA) is 89.2 Å². The van der Waals surface area contributed by atoms with Gasteiger partial charge in [-0.2, -0.15) is 0 Å². The van der Waals surface area contributed by atoms with E-state index in [9.17, 15) is 9.59 Å². The van der Waals surface area contributed by atoms with E-state index in [1.807, 2.05) is 6.92 Å². The van der Waals surface area contributed by atoms with Gasteiger partial charge in [-0.05, 0) is 45.6 Å². The van der Waals surface area contributed by atoms with Crippen molar-refractivity contribution in [2.45, 2.75) is 51.1 Å². The molecule has 0 radical (unpaired) electrons. The van der Waals surface area contributed by atoms with E-state index in [2.05, 4.69) is 23.8 Å². The zero-order chi connectivity index (χ0) is 18.1. The molecule has 2 aromatic rings. The number of amides is 2. The highest BCUT2D eigenvalue weighted by molar-refractivity contribution is 8.00. The normalized spacial score (nSPS) is 17.9. The average Bonchev–Trinajstić information content (AvgIpc) is 2.86. The van der Waals surface area contributed by atoms with Crippen molar-refractivity contribution in [3.8, 4) is 0 Å². The third-order valence-corrected chi connectivity index (χ3v) is 6.65. The number of carbonyl (C=O) groups is 2. The summed E-state index contributed by atoms with van der Waals surface area (Å²) in [4.78, 5) is 37.1. The number of thiophene rings is 1. The van der Waals surface area contributed by atoms with Crippen LogP contribution in [0.3, 0.4) is 0 Å². The lowest BCUT2D eigenvalue weighted by Crippen LogP contribution is -2.51. The molecule has 0 aliphatic carbocycles. The predicted molar refractivity (Wildman–Crippen MR) is 101 cm³/mol. The van der Waals surface area contributed by atoms with E-state index in [1.165, 1.54) is 22.2 Å². The number of likely N-dealkylation sites (tertiary alicyclic amines) is 1. The minimum atomic E-state index is -0.473. The second kappa shape index (κ2) is 7.29. The van der Waals surface area contributed by atoms with Gasteiger partial charge in [0.15, 0.2) is 0 Å². The van der Waals surface area contributed by atoms with Crippen molar-refractivity contribution < 1.29 is 9.59 Å². The molecule has 0 saturated carbocycles. The van der Waals surface area contributed by atoms with Crippen LogP contribution in [-0.2, 0) is 9.59 Å². The van der Waals surface area contributed by atoms with E-state index < -0.39 is 11.9 Å². The predicted octanol–water partition coefficient (Wildman–Crippen LogP) is 2.58. The molecule has 2 N–H and O–H groups in total. The Hall–Kier alpha value is -1.67. The number of rotatable bonds is 4. The van der Waals surface area contributed by atoms with E-state index in [0.29, 0.717) is 18.8 Å². The molecule has 2 aromatic heterocycles. The van der Waals surface area contributed by atoms with Crippen LogP contribution in [0.2, 0.25) is 0 Å². The monoisotopic (exact) mass is 378 g/mol. The maximum Gasteiger partial charge on any atom is 0.240 e. The van der Waals surface area contributed by atoms with Crippen molar-refractivity contribution in [3.63, 3.8) is 0 Å². The molecule has 2 amide bonds. The molecule has 1 atom stereocenters. The van der Waals surface area contributed by atoms with Crippen LogP contribution in [0.1, 0.15) is 35.5 Å². The first-order valence-corrected chi connectivity index (χ1v) is 10.1. The summed E-state index contributed by atoms with van der Waals surface area (Å²) in [7, 11) is 0. The van der Waals surface area contributed by atoms with Crippen molar-refractivity contribution in [1.29, 1.82) is 0 Å². The van der Waals surface area contributed by atoms with E-state index in [-0.39, 0.29) is 11.7 Å². The summed E-state index contributed by atoms with van der Waals surface area (Å²) in [6.07, 6.45) is 2.51. The van der Waals surface area contributed by atoms with E-state index in [4.69, 9.17) is 5.73 Å². The van der Waals surface area contributed by atoms with E-state index >= 15 is 0 Å². The summed E-state index contributed by atoms with van der Waals surface area (Å²) in [5.74, 6) is 0.491. The quantitative estimate of drug-likeness (QED) is 0.652. The highest BCUT2D eigenvalue weighted by Crippen LogP contribution is 2.35. The number of carbonyl (C=O) groups excluding carboxylic acids is 2. The van der Waals surface area contributed by atoms with Gasteiger partial charge in [-0.15, -0.1) is 11.3 Å². The fourth-order valence-electron chi connectivity index (χ4n) is 3.16. The van der Waals surface area contributed by atoms with Gasteiger partial charge in [0.05, 0.1) is 5.75 Å². The van der Waals surface area contributed by atoms with Crippen molar-refractivity contribution in [3.05, 3.63) is 16.3 Å². The van der Waals surface area contributed by atoms with Crippen LogP contribution < -0.4 is 5.73 Å². The molecular formula is C17H22N4O2S2. The van der Waals surface area contributed by atoms with Crippen LogP contribution >= 0.6 is 23.1 Å². The smallest absolute Gasteiger partial charge is 0.240 e. The number of thioether (sulfide) groups is 1. The Labute approximate surface area is 155 Å². The van der Waals surface area contributed by atoms with E-state index in [0.717, 1.165) is 28.1 Å². The second-order valence-corrected chi connectivity index (χ2v) is 8.50. The molecule has 1 aliphatic heterocycles. The fourth-order valence-corrected chi connectivity index (χ4v) is 5.31. The SMILES string of the molecule is Cc1nc(SCC(=O)N2CCCC[C@H]2C(N)=O)c2c(C)c(C)sc2n1. The zero-order valence-corrected chi connectivity index (χ0v) is 16.3. The lowest BCUT2D eigenvalue weighted by molar-refractivity contribution is -0.138. The van der Waals surface area contributed by atoms with Crippen molar-refractivity contribution in [2.75, 3.05) is 12.3 Å². The highest BCUT2D eigenvalue weighted by atomic mass is 32.2. The molecule has 6 nitrogen and oxygen atoms in total. The minimum absolute atomic E-state index is 0.0532. The van der Waals surface area contributed by atoms with Gasteiger partial charge in [0.2, 0.25) is 11.8 Å². The van der Waals surface area contributed by atoms with Gasteiger partial charge in [-0.3, -0.25) is 9.59 Å². The number of nitrogens with two attached hydrogens (primary N) is 1. The van der Waals surface area contributed by atoms with Gasteiger partial charge in [-0.25, -0.2) is 9.97 Å². The number of hydrogen-bond acceptors (Lipinski definition) is 6. The number of primary amides is 1. The van der Waals surface area contributed by atoms with Crippen molar-refractivity contribution in [1.82, 2.24) is 14.9 Å². The molecule has 25 heavy (non-hydrogen) atoms.